The molecule has 1 aliphatic rings. The molecule has 0 saturated heterocycles. The van der Waals surface area contributed by atoms with Gasteiger partial charge < -0.3 is 5.32 Å². The molecule has 0 spiro atoms. The quantitative estimate of drug-likeness (QED) is 0.833. The fourth-order valence-electron chi connectivity index (χ4n) is 2.64. The van der Waals surface area contributed by atoms with Crippen LogP contribution in [0.4, 0.5) is 15.6 Å². The molecule has 26 heavy (non-hydrogen) atoms. The normalized spacial score (nSPS) is 14.9. The van der Waals surface area contributed by atoms with Gasteiger partial charge in [0, 0.05) is 30.1 Å². The minimum Gasteiger partial charge on any atom is -0.308 e. The number of hydrogen-bond donors (Lipinski definition) is 2. The second kappa shape index (κ2) is 7.34. The maximum absolute atomic E-state index is 12.3. The second-order valence-electron chi connectivity index (χ2n) is 6.51. The van der Waals surface area contributed by atoms with Crippen LogP contribution in [0.15, 0.2) is 24.3 Å². The van der Waals surface area contributed by atoms with Crippen molar-refractivity contribution in [3.05, 3.63) is 40.4 Å². The van der Waals surface area contributed by atoms with Crippen molar-refractivity contribution in [2.24, 2.45) is 0 Å². The van der Waals surface area contributed by atoms with Gasteiger partial charge in [-0.2, -0.15) is 4.31 Å². The van der Waals surface area contributed by atoms with Gasteiger partial charge in [-0.1, -0.05) is 29.0 Å². The molecule has 2 heterocycles. The van der Waals surface area contributed by atoms with Crippen molar-refractivity contribution in [2.45, 2.75) is 39.0 Å². The van der Waals surface area contributed by atoms with E-state index < -0.39 is 15.3 Å². The van der Waals surface area contributed by atoms with E-state index >= 15 is 0 Å². The molecule has 140 valence electrons. The molecule has 2 aromatic rings. The van der Waals surface area contributed by atoms with E-state index in [2.05, 4.69) is 15.6 Å². The number of sulfonamides is 1. The van der Waals surface area contributed by atoms with Gasteiger partial charge in [0.15, 0.2) is 5.13 Å². The van der Waals surface area contributed by atoms with E-state index in [-0.39, 0.29) is 6.03 Å². The minimum atomic E-state index is -3.29. The van der Waals surface area contributed by atoms with Crippen LogP contribution < -0.4 is 10.6 Å². The number of carbonyl (C=O) groups excluding carboxylic acids is 1. The number of nitrogens with one attached hydrogen (secondary N) is 2. The van der Waals surface area contributed by atoms with E-state index in [1.54, 1.807) is 13.8 Å². The number of rotatable bonds is 4. The predicted octanol–water partition coefficient (Wildman–Crippen LogP) is 3.19. The third-order valence-corrected chi connectivity index (χ3v) is 7.40. The molecule has 2 N–H and O–H groups in total. The highest BCUT2D eigenvalue weighted by atomic mass is 32.2. The van der Waals surface area contributed by atoms with Crippen LogP contribution in [-0.2, 0) is 23.0 Å². The van der Waals surface area contributed by atoms with Gasteiger partial charge in [-0.3, -0.25) is 5.32 Å². The zero-order valence-electron chi connectivity index (χ0n) is 14.9. The van der Waals surface area contributed by atoms with Crippen molar-refractivity contribution in [1.29, 1.82) is 0 Å². The second-order valence-corrected chi connectivity index (χ2v) is 10.1. The topological polar surface area (TPSA) is 91.4 Å². The zero-order valence-corrected chi connectivity index (χ0v) is 16.6. The molecule has 9 heteroatoms. The van der Waals surface area contributed by atoms with E-state index in [1.807, 2.05) is 31.2 Å². The number of urea groups is 1. The maximum atomic E-state index is 12.3. The molecule has 0 saturated carbocycles. The average Bonchev–Trinajstić information content (AvgIpc) is 2.97. The summed E-state index contributed by atoms with van der Waals surface area (Å²) in [5, 5.41) is 5.51. The molecular formula is C17H22N4O3S2. The Labute approximate surface area is 157 Å². The van der Waals surface area contributed by atoms with Crippen LogP contribution in [0.25, 0.3) is 0 Å². The van der Waals surface area contributed by atoms with Gasteiger partial charge in [0.05, 0.1) is 10.9 Å². The molecular weight excluding hydrogens is 372 g/mol. The zero-order chi connectivity index (χ0) is 18.9. The van der Waals surface area contributed by atoms with Gasteiger partial charge in [0.2, 0.25) is 10.0 Å². The van der Waals surface area contributed by atoms with Crippen molar-refractivity contribution in [3.8, 4) is 0 Å². The van der Waals surface area contributed by atoms with E-state index in [0.717, 1.165) is 16.1 Å². The van der Waals surface area contributed by atoms with Crippen LogP contribution in [0.1, 0.15) is 30.0 Å². The smallest absolute Gasteiger partial charge is 0.308 e. The van der Waals surface area contributed by atoms with Crippen LogP contribution in [0.2, 0.25) is 0 Å². The van der Waals surface area contributed by atoms with Crippen molar-refractivity contribution in [1.82, 2.24) is 9.29 Å². The highest BCUT2D eigenvalue weighted by Crippen LogP contribution is 2.30. The molecule has 0 atom stereocenters. The molecule has 0 bridgehead atoms. The average molecular weight is 395 g/mol. The fraction of sp³-hybridized carbons (Fsp3) is 0.412. The highest BCUT2D eigenvalue weighted by molar-refractivity contribution is 7.89. The summed E-state index contributed by atoms with van der Waals surface area (Å²) >= 11 is 1.32. The summed E-state index contributed by atoms with van der Waals surface area (Å²) in [5.74, 6) is 0. The molecule has 3 rings (SSSR count). The lowest BCUT2D eigenvalue weighted by atomic mass is 10.2. The van der Waals surface area contributed by atoms with Gasteiger partial charge >= 0.3 is 6.03 Å². The lowest BCUT2D eigenvalue weighted by Crippen LogP contribution is -2.39. The van der Waals surface area contributed by atoms with E-state index in [0.29, 0.717) is 30.3 Å². The van der Waals surface area contributed by atoms with Crippen LogP contribution >= 0.6 is 11.3 Å². The summed E-state index contributed by atoms with van der Waals surface area (Å²) in [5.41, 5.74) is 2.67. The van der Waals surface area contributed by atoms with E-state index in [4.69, 9.17) is 0 Å². The first-order valence-electron chi connectivity index (χ1n) is 8.38. The van der Waals surface area contributed by atoms with Gasteiger partial charge in [-0.25, -0.2) is 18.2 Å². The monoisotopic (exact) mass is 394 g/mol. The summed E-state index contributed by atoms with van der Waals surface area (Å²) in [6, 6.07) is 7.13. The minimum absolute atomic E-state index is 0.314. The van der Waals surface area contributed by atoms with Crippen molar-refractivity contribution < 1.29 is 13.2 Å². The van der Waals surface area contributed by atoms with Gasteiger partial charge in [-0.15, -0.1) is 0 Å². The number of hydrogen-bond acceptors (Lipinski definition) is 5. The molecule has 0 aliphatic carbocycles. The standard InChI is InChI=1S/C17H22N4O3S2/c1-11(2)26(23,24)21-9-8-14-15(10-21)25-17(19-14)20-16(22)18-13-6-4-12(3)5-7-13/h4-7,11H,8-10H2,1-3H3,(H2,18,19,20,22). The Morgan fingerprint density at radius 3 is 2.58 bits per heavy atom. The summed E-state index contributed by atoms with van der Waals surface area (Å²) in [6.45, 7) is 6.08. The Hall–Kier alpha value is -1.97. The first kappa shape index (κ1) is 18.8. The number of nitrogens with zero attached hydrogens (tertiary/aromatic N) is 2. The molecule has 0 unspecified atom stereocenters. The maximum Gasteiger partial charge on any atom is 0.325 e. The van der Waals surface area contributed by atoms with Gasteiger partial charge in [-0.05, 0) is 32.9 Å². The Kier molecular flexibility index (Phi) is 5.31. The number of benzene rings is 1. The Bertz CT molecular complexity index is 905. The Balaban J connectivity index is 1.66. The molecule has 0 fully saturated rings. The first-order valence-corrected chi connectivity index (χ1v) is 10.7. The molecule has 1 aromatic carbocycles. The lowest BCUT2D eigenvalue weighted by Gasteiger charge is -2.26. The highest BCUT2D eigenvalue weighted by Gasteiger charge is 2.31. The number of anilines is 2. The van der Waals surface area contributed by atoms with Crippen LogP contribution in [0.3, 0.4) is 0 Å². The fourth-order valence-corrected chi connectivity index (χ4v) is 4.99. The largest absolute Gasteiger partial charge is 0.325 e. The number of thiazole rings is 1. The molecule has 7 nitrogen and oxygen atoms in total. The van der Waals surface area contributed by atoms with Crippen molar-refractivity contribution in [3.63, 3.8) is 0 Å². The summed E-state index contributed by atoms with van der Waals surface area (Å²) < 4.78 is 26.2. The van der Waals surface area contributed by atoms with E-state index in [9.17, 15) is 13.2 Å². The molecule has 1 aliphatic heterocycles. The summed E-state index contributed by atoms with van der Waals surface area (Å²) in [4.78, 5) is 17.4. The number of aromatic nitrogens is 1. The van der Waals surface area contributed by atoms with Gasteiger partial charge in [0.1, 0.15) is 0 Å². The molecule has 0 radical (unpaired) electrons. The molecule has 2 amide bonds. The Morgan fingerprint density at radius 2 is 1.92 bits per heavy atom. The Morgan fingerprint density at radius 1 is 1.23 bits per heavy atom. The number of carbonyl (C=O) groups is 1. The lowest BCUT2D eigenvalue weighted by molar-refractivity contribution is 0.262. The van der Waals surface area contributed by atoms with Crippen LogP contribution in [-0.4, -0.2) is 35.5 Å². The molecule has 1 aromatic heterocycles. The van der Waals surface area contributed by atoms with Crippen molar-refractivity contribution in [2.75, 3.05) is 17.2 Å². The van der Waals surface area contributed by atoms with Crippen LogP contribution in [0.5, 0.6) is 0 Å². The summed E-state index contributed by atoms with van der Waals surface area (Å²) in [6.07, 6.45) is 0.555. The van der Waals surface area contributed by atoms with Crippen LogP contribution in [0, 0.1) is 6.92 Å². The van der Waals surface area contributed by atoms with Gasteiger partial charge in [0.25, 0.3) is 0 Å². The number of amides is 2. The first-order chi connectivity index (χ1) is 12.3. The summed E-state index contributed by atoms with van der Waals surface area (Å²) in [7, 11) is -3.29. The predicted molar refractivity (Wildman–Crippen MR) is 104 cm³/mol. The third kappa shape index (κ3) is 4.05. The van der Waals surface area contributed by atoms with E-state index in [1.165, 1.54) is 15.6 Å². The SMILES string of the molecule is Cc1ccc(NC(=O)Nc2nc3c(s2)CN(S(=O)(=O)C(C)C)CC3)cc1. The number of aryl methyl sites for hydroxylation is 1. The number of fused-ring (bicyclic) bond motifs is 1. The van der Waals surface area contributed by atoms with Crippen molar-refractivity contribution >= 4 is 38.2 Å². The third-order valence-electron chi connectivity index (χ3n) is 4.18.